The first-order chi connectivity index (χ1) is 9.97. The predicted molar refractivity (Wildman–Crippen MR) is 76.0 cm³/mol. The van der Waals surface area contributed by atoms with Crippen LogP contribution >= 0.6 is 0 Å². The van der Waals surface area contributed by atoms with Gasteiger partial charge in [0, 0.05) is 6.08 Å². The molecule has 0 aliphatic heterocycles. The van der Waals surface area contributed by atoms with Crippen molar-refractivity contribution in [3.05, 3.63) is 54.6 Å². The topological polar surface area (TPSA) is 109 Å². The van der Waals surface area contributed by atoms with Gasteiger partial charge in [-0.25, -0.2) is 23.2 Å². The molecule has 1 aromatic heterocycles. The zero-order valence-corrected chi connectivity index (χ0v) is 11.5. The van der Waals surface area contributed by atoms with Crippen LogP contribution in [0.3, 0.4) is 0 Å². The maximum atomic E-state index is 12.2. The third-order valence-corrected chi connectivity index (χ3v) is 3.78. The van der Waals surface area contributed by atoms with Gasteiger partial charge in [0.15, 0.2) is 0 Å². The van der Waals surface area contributed by atoms with E-state index in [-0.39, 0.29) is 10.6 Å². The van der Waals surface area contributed by atoms with E-state index in [0.29, 0.717) is 5.56 Å². The highest BCUT2D eigenvalue weighted by molar-refractivity contribution is 7.92. The average molecular weight is 305 g/mol. The van der Waals surface area contributed by atoms with E-state index in [0.717, 1.165) is 6.08 Å². The molecule has 0 bridgehead atoms. The molecular formula is C13H11N3O4S. The lowest BCUT2D eigenvalue weighted by Crippen LogP contribution is -2.13. The summed E-state index contributed by atoms with van der Waals surface area (Å²) in [5.74, 6) is -1.11. The Morgan fingerprint density at radius 2 is 1.95 bits per heavy atom. The van der Waals surface area contributed by atoms with Crippen LogP contribution in [-0.2, 0) is 14.8 Å². The van der Waals surface area contributed by atoms with Gasteiger partial charge in [0.25, 0.3) is 10.0 Å². The number of benzene rings is 1. The minimum Gasteiger partial charge on any atom is -0.478 e. The fourth-order valence-corrected chi connectivity index (χ4v) is 2.60. The number of sulfonamides is 1. The molecule has 108 valence electrons. The first-order valence-corrected chi connectivity index (χ1v) is 7.24. The quantitative estimate of drug-likeness (QED) is 0.808. The molecule has 2 rings (SSSR count). The first kappa shape index (κ1) is 14.7. The molecule has 0 saturated carbocycles. The number of carbonyl (C=O) groups is 1. The van der Waals surface area contributed by atoms with Crippen molar-refractivity contribution in [2.45, 2.75) is 4.90 Å². The largest absolute Gasteiger partial charge is 0.478 e. The van der Waals surface area contributed by atoms with Crippen molar-refractivity contribution in [3.8, 4) is 0 Å². The Labute approximate surface area is 121 Å². The van der Waals surface area contributed by atoms with Crippen molar-refractivity contribution in [2.24, 2.45) is 0 Å². The van der Waals surface area contributed by atoms with E-state index >= 15 is 0 Å². The Morgan fingerprint density at radius 3 is 2.62 bits per heavy atom. The Balaban J connectivity index is 2.28. The van der Waals surface area contributed by atoms with E-state index in [1.165, 1.54) is 43.0 Å². The van der Waals surface area contributed by atoms with Crippen LogP contribution in [0.25, 0.3) is 6.08 Å². The number of carboxylic acids is 1. The lowest BCUT2D eigenvalue weighted by molar-refractivity contribution is -0.131. The first-order valence-electron chi connectivity index (χ1n) is 5.76. The molecule has 0 aliphatic rings. The number of nitrogens with one attached hydrogen (secondary N) is 1. The molecule has 2 aromatic rings. The summed E-state index contributed by atoms with van der Waals surface area (Å²) >= 11 is 0. The summed E-state index contributed by atoms with van der Waals surface area (Å²) in [6.45, 7) is 0. The molecule has 21 heavy (non-hydrogen) atoms. The summed E-state index contributed by atoms with van der Waals surface area (Å²) in [6.07, 6.45) is 6.20. The Hall–Kier alpha value is -2.74. The summed E-state index contributed by atoms with van der Waals surface area (Å²) in [5, 5.41) is 8.57. The zero-order chi connectivity index (χ0) is 15.3. The van der Waals surface area contributed by atoms with Crippen LogP contribution in [-0.4, -0.2) is 29.5 Å². The number of hydrogen-bond donors (Lipinski definition) is 2. The SMILES string of the molecule is O=C(O)/C=C/c1cccc(S(=O)(=O)Nc2cncnc2)c1. The van der Waals surface area contributed by atoms with E-state index in [9.17, 15) is 13.2 Å². The number of hydrogen-bond acceptors (Lipinski definition) is 5. The summed E-state index contributed by atoms with van der Waals surface area (Å²) in [5.41, 5.74) is 0.702. The summed E-state index contributed by atoms with van der Waals surface area (Å²) in [4.78, 5) is 17.9. The minimum atomic E-state index is -3.79. The normalized spacial score (nSPS) is 11.4. The second-order valence-corrected chi connectivity index (χ2v) is 5.66. The standard InChI is InChI=1S/C13H11N3O4S/c17-13(18)5-4-10-2-1-3-12(6-10)21(19,20)16-11-7-14-9-15-8-11/h1-9,16H,(H,17,18)/b5-4+. The lowest BCUT2D eigenvalue weighted by atomic mass is 10.2. The molecule has 0 unspecified atom stereocenters. The van der Waals surface area contributed by atoms with Gasteiger partial charge in [0.05, 0.1) is 23.0 Å². The molecule has 0 amide bonds. The highest BCUT2D eigenvalue weighted by Crippen LogP contribution is 2.16. The molecule has 0 radical (unpaired) electrons. The van der Waals surface area contributed by atoms with Gasteiger partial charge in [-0.1, -0.05) is 12.1 Å². The second kappa shape index (κ2) is 6.14. The fourth-order valence-electron chi connectivity index (χ4n) is 1.52. The van der Waals surface area contributed by atoms with Crippen molar-refractivity contribution in [2.75, 3.05) is 4.72 Å². The van der Waals surface area contributed by atoms with Crippen molar-refractivity contribution in [1.29, 1.82) is 0 Å². The third kappa shape index (κ3) is 4.11. The fraction of sp³-hybridized carbons (Fsp3) is 0. The van der Waals surface area contributed by atoms with E-state index in [2.05, 4.69) is 14.7 Å². The monoisotopic (exact) mass is 305 g/mol. The number of aliphatic carboxylic acids is 1. The van der Waals surface area contributed by atoms with Crippen LogP contribution in [0, 0.1) is 0 Å². The number of anilines is 1. The molecule has 0 saturated heterocycles. The van der Waals surface area contributed by atoms with Crippen molar-refractivity contribution >= 4 is 27.8 Å². The maximum Gasteiger partial charge on any atom is 0.328 e. The highest BCUT2D eigenvalue weighted by atomic mass is 32.2. The van der Waals surface area contributed by atoms with Gasteiger partial charge in [-0.05, 0) is 23.8 Å². The van der Waals surface area contributed by atoms with E-state index < -0.39 is 16.0 Å². The number of nitrogens with zero attached hydrogens (tertiary/aromatic N) is 2. The molecule has 0 atom stereocenters. The lowest BCUT2D eigenvalue weighted by Gasteiger charge is -2.07. The molecule has 2 N–H and O–H groups in total. The van der Waals surface area contributed by atoms with Crippen LogP contribution in [0.4, 0.5) is 5.69 Å². The molecule has 8 heteroatoms. The summed E-state index contributed by atoms with van der Waals surface area (Å²) in [7, 11) is -3.79. The molecule has 0 aliphatic carbocycles. The van der Waals surface area contributed by atoms with E-state index in [1.807, 2.05) is 0 Å². The maximum absolute atomic E-state index is 12.2. The van der Waals surface area contributed by atoms with E-state index in [1.54, 1.807) is 6.07 Å². The number of aromatic nitrogens is 2. The van der Waals surface area contributed by atoms with Gasteiger partial charge in [-0.15, -0.1) is 0 Å². The van der Waals surface area contributed by atoms with Crippen LogP contribution in [0.15, 0.2) is 54.0 Å². The Bertz CT molecular complexity index is 773. The molecule has 0 fully saturated rings. The van der Waals surface area contributed by atoms with Gasteiger partial charge in [0.1, 0.15) is 6.33 Å². The van der Waals surface area contributed by atoms with Crippen molar-refractivity contribution < 1.29 is 18.3 Å². The smallest absolute Gasteiger partial charge is 0.328 e. The van der Waals surface area contributed by atoms with Gasteiger partial charge >= 0.3 is 5.97 Å². The molecular weight excluding hydrogens is 294 g/mol. The van der Waals surface area contributed by atoms with Crippen LogP contribution < -0.4 is 4.72 Å². The Kier molecular flexibility index (Phi) is 4.29. The average Bonchev–Trinajstić information content (AvgIpc) is 2.46. The molecule has 7 nitrogen and oxygen atoms in total. The van der Waals surface area contributed by atoms with Gasteiger partial charge in [-0.3, -0.25) is 4.72 Å². The van der Waals surface area contributed by atoms with Gasteiger partial charge < -0.3 is 5.11 Å². The van der Waals surface area contributed by atoms with Crippen molar-refractivity contribution in [1.82, 2.24) is 9.97 Å². The number of rotatable bonds is 5. The zero-order valence-electron chi connectivity index (χ0n) is 10.7. The van der Waals surface area contributed by atoms with Crippen molar-refractivity contribution in [3.63, 3.8) is 0 Å². The second-order valence-electron chi connectivity index (χ2n) is 3.98. The molecule has 1 aromatic carbocycles. The predicted octanol–water partition coefficient (Wildman–Crippen LogP) is 1.38. The highest BCUT2D eigenvalue weighted by Gasteiger charge is 2.14. The molecule has 0 spiro atoms. The number of carboxylic acid groups (broad SMARTS) is 1. The van der Waals surface area contributed by atoms with E-state index in [4.69, 9.17) is 5.11 Å². The summed E-state index contributed by atoms with van der Waals surface area (Å²) in [6, 6.07) is 5.90. The Morgan fingerprint density at radius 1 is 1.24 bits per heavy atom. The summed E-state index contributed by atoms with van der Waals surface area (Å²) < 4.78 is 26.7. The van der Waals surface area contributed by atoms with Gasteiger partial charge in [0.2, 0.25) is 0 Å². The van der Waals surface area contributed by atoms with Crippen LogP contribution in [0.2, 0.25) is 0 Å². The third-order valence-electron chi connectivity index (χ3n) is 2.40. The molecule has 1 heterocycles. The van der Waals surface area contributed by atoms with Crippen LogP contribution in [0.5, 0.6) is 0 Å². The van der Waals surface area contributed by atoms with Crippen LogP contribution in [0.1, 0.15) is 5.56 Å². The van der Waals surface area contributed by atoms with Gasteiger partial charge in [-0.2, -0.15) is 0 Å². The minimum absolute atomic E-state index is 0.0129.